The van der Waals surface area contributed by atoms with Crippen LogP contribution < -0.4 is 0 Å². The molecule has 0 saturated heterocycles. The van der Waals surface area contributed by atoms with Crippen molar-refractivity contribution in [1.29, 1.82) is 0 Å². The van der Waals surface area contributed by atoms with E-state index in [0.29, 0.717) is 0 Å². The molecule has 0 spiro atoms. The van der Waals surface area contributed by atoms with Gasteiger partial charge in [-0.3, -0.25) is 0 Å². The first-order valence-electron chi connectivity index (χ1n) is 4.39. The van der Waals surface area contributed by atoms with Gasteiger partial charge in [-0.25, -0.2) is 17.2 Å². The molecule has 2 rings (SSSR count). The van der Waals surface area contributed by atoms with Gasteiger partial charge in [-0.1, -0.05) is 26.0 Å². The maximum absolute atomic E-state index is 4.13. The summed E-state index contributed by atoms with van der Waals surface area (Å²) >= 11 is 0. The molecule has 0 unspecified atom stereocenters. The molecule has 1 aliphatic heterocycles. The van der Waals surface area contributed by atoms with Crippen LogP contribution in [0, 0.1) is 19.2 Å². The van der Waals surface area contributed by atoms with Crippen LogP contribution in [0.4, 0.5) is 0 Å². The summed E-state index contributed by atoms with van der Waals surface area (Å²) in [6.07, 6.45) is 3.93. The fourth-order valence-corrected chi connectivity index (χ4v) is 1.34. The Morgan fingerprint density at radius 2 is 2.07 bits per heavy atom. The van der Waals surface area contributed by atoms with E-state index in [1.807, 2.05) is 13.0 Å². The second-order valence-electron chi connectivity index (χ2n) is 3.39. The zero-order valence-corrected chi connectivity index (χ0v) is 11.2. The Balaban J connectivity index is 0.000000980. The maximum atomic E-state index is 4.13. The largest absolute Gasteiger partial charge is 2.00 e. The van der Waals surface area contributed by atoms with Crippen LogP contribution in [-0.2, 0) is 21.1 Å². The van der Waals surface area contributed by atoms with Gasteiger partial charge in [-0.2, -0.15) is 18.2 Å². The molecule has 2 heteroatoms. The van der Waals surface area contributed by atoms with Crippen molar-refractivity contribution < 1.29 is 21.1 Å². The molecule has 0 aromatic heterocycles. The number of hydrogen-bond acceptors (Lipinski definition) is 1. The van der Waals surface area contributed by atoms with Crippen LogP contribution in [0.3, 0.4) is 0 Å². The predicted octanol–water partition coefficient (Wildman–Crippen LogP) is 2.80. The van der Waals surface area contributed by atoms with Crippen LogP contribution in [0.5, 0.6) is 0 Å². The van der Waals surface area contributed by atoms with E-state index in [4.69, 9.17) is 0 Å². The van der Waals surface area contributed by atoms with Crippen molar-refractivity contribution in [1.82, 2.24) is 0 Å². The Labute approximate surface area is 99.2 Å². The summed E-state index contributed by atoms with van der Waals surface area (Å²) < 4.78 is 0. The van der Waals surface area contributed by atoms with Gasteiger partial charge in [0.2, 0.25) is 0 Å². The first-order chi connectivity index (χ1) is 6.25. The van der Waals surface area contributed by atoms with E-state index in [2.05, 4.69) is 36.3 Å². The van der Waals surface area contributed by atoms with Crippen LogP contribution in [0.1, 0.15) is 24.5 Å². The van der Waals surface area contributed by atoms with E-state index in [0.717, 1.165) is 23.3 Å². The van der Waals surface area contributed by atoms with Gasteiger partial charge in [0.1, 0.15) is 0 Å². The number of nitrogens with zero attached hydrogens (tertiary/aromatic N) is 1. The van der Waals surface area contributed by atoms with Crippen molar-refractivity contribution in [2.45, 2.75) is 20.3 Å². The minimum atomic E-state index is 0. The Morgan fingerprint density at radius 1 is 1.29 bits per heavy atom. The second kappa shape index (κ2) is 4.70. The van der Waals surface area contributed by atoms with Gasteiger partial charge in [0.25, 0.3) is 0 Å². The van der Waals surface area contributed by atoms with E-state index < -0.39 is 0 Å². The standard InChI is InChI=1S/C12H11N.W/c1-9-3-5-11(6-4-9)12-7-10(2)13-8-12;/h3-5H,7H2,1-2H3;/q-2;+2. The van der Waals surface area contributed by atoms with Crippen LogP contribution in [-0.4, -0.2) is 5.71 Å². The van der Waals surface area contributed by atoms with Gasteiger partial charge in [-0.15, -0.1) is 11.8 Å². The van der Waals surface area contributed by atoms with E-state index in [9.17, 15) is 0 Å². The molecule has 0 saturated carbocycles. The summed E-state index contributed by atoms with van der Waals surface area (Å²) in [7, 11) is 0. The normalized spacial score (nSPS) is 14.4. The van der Waals surface area contributed by atoms with Crippen LogP contribution in [0.25, 0.3) is 5.57 Å². The van der Waals surface area contributed by atoms with E-state index >= 15 is 0 Å². The molecule has 1 aromatic carbocycles. The molecule has 1 aromatic rings. The van der Waals surface area contributed by atoms with Crippen molar-refractivity contribution in [2.24, 2.45) is 4.99 Å². The Hall–Kier alpha value is -0.682. The molecular weight excluding hydrogens is 342 g/mol. The van der Waals surface area contributed by atoms with Gasteiger partial charge < -0.3 is 4.99 Å². The topological polar surface area (TPSA) is 12.4 Å². The maximum Gasteiger partial charge on any atom is 2.00 e. The molecular formula is C12H11NW. The van der Waals surface area contributed by atoms with Gasteiger partial charge in [0.15, 0.2) is 0 Å². The van der Waals surface area contributed by atoms with Crippen LogP contribution in [0.2, 0.25) is 0 Å². The molecule has 0 atom stereocenters. The number of benzene rings is 1. The third-order valence-corrected chi connectivity index (χ3v) is 2.11. The Morgan fingerprint density at radius 3 is 2.57 bits per heavy atom. The smallest absolute Gasteiger partial charge is 0.405 e. The average Bonchev–Trinajstić information content (AvgIpc) is 2.53. The molecule has 0 amide bonds. The van der Waals surface area contributed by atoms with Gasteiger partial charge >= 0.3 is 21.1 Å². The monoisotopic (exact) mass is 353 g/mol. The summed E-state index contributed by atoms with van der Waals surface area (Å²) in [5.74, 6) is 0. The number of hydrogen-bond donors (Lipinski definition) is 0. The van der Waals surface area contributed by atoms with Crippen LogP contribution in [0.15, 0.2) is 23.2 Å². The molecule has 0 N–H and O–H groups in total. The van der Waals surface area contributed by atoms with Crippen molar-refractivity contribution in [3.05, 3.63) is 41.6 Å². The third kappa shape index (κ3) is 2.42. The Bertz CT molecular complexity index is 374. The summed E-state index contributed by atoms with van der Waals surface area (Å²) in [6, 6.07) is 9.39. The summed E-state index contributed by atoms with van der Waals surface area (Å²) in [4.78, 5) is 4.13. The third-order valence-electron chi connectivity index (χ3n) is 2.11. The summed E-state index contributed by atoms with van der Waals surface area (Å²) in [5, 5.41) is 0. The molecule has 0 bridgehead atoms. The number of rotatable bonds is 1. The SMILES string of the molecule is CC1=N[C-]=C(c2[c-]cc(C)cc2)C1.[W+2]. The van der Waals surface area contributed by atoms with E-state index in [1.54, 1.807) is 0 Å². The van der Waals surface area contributed by atoms with E-state index in [-0.39, 0.29) is 21.1 Å². The summed E-state index contributed by atoms with van der Waals surface area (Å²) in [6.45, 7) is 4.09. The minimum Gasteiger partial charge on any atom is -0.405 e. The average molecular weight is 353 g/mol. The first-order valence-corrected chi connectivity index (χ1v) is 4.39. The van der Waals surface area contributed by atoms with Crippen molar-refractivity contribution >= 4 is 11.3 Å². The quantitative estimate of drug-likeness (QED) is 0.689. The summed E-state index contributed by atoms with van der Waals surface area (Å²) in [5.41, 5.74) is 4.63. The number of aliphatic imine (C=N–C) groups is 1. The molecule has 0 aliphatic carbocycles. The van der Waals surface area contributed by atoms with Gasteiger partial charge in [0.05, 0.1) is 0 Å². The van der Waals surface area contributed by atoms with Gasteiger partial charge in [-0.05, 0) is 0 Å². The molecule has 1 heterocycles. The van der Waals surface area contributed by atoms with E-state index in [1.165, 1.54) is 5.56 Å². The minimum absolute atomic E-state index is 0. The second-order valence-corrected chi connectivity index (χ2v) is 3.39. The molecule has 14 heavy (non-hydrogen) atoms. The molecule has 1 aliphatic rings. The van der Waals surface area contributed by atoms with Crippen LogP contribution >= 0.6 is 0 Å². The fourth-order valence-electron chi connectivity index (χ4n) is 1.34. The number of aryl methyl sites for hydroxylation is 1. The first kappa shape index (κ1) is 11.4. The molecule has 0 radical (unpaired) electrons. The molecule has 1 nitrogen and oxygen atoms in total. The van der Waals surface area contributed by atoms with Crippen molar-refractivity contribution in [2.75, 3.05) is 0 Å². The van der Waals surface area contributed by atoms with Gasteiger partial charge in [0, 0.05) is 0 Å². The van der Waals surface area contributed by atoms with Crippen molar-refractivity contribution in [3.8, 4) is 0 Å². The fraction of sp³-hybridized carbons (Fsp3) is 0.250. The van der Waals surface area contributed by atoms with Crippen molar-refractivity contribution in [3.63, 3.8) is 0 Å². The zero-order valence-electron chi connectivity index (χ0n) is 8.29. The number of allylic oxidation sites excluding steroid dienone is 1. The molecule has 0 fully saturated rings. The molecule has 70 valence electrons. The Kier molecular flexibility index (Phi) is 3.83. The predicted molar refractivity (Wildman–Crippen MR) is 54.4 cm³/mol. The zero-order chi connectivity index (χ0) is 9.26.